The minimum Gasteiger partial charge on any atom is -0.497 e. The number of methoxy groups -OCH3 is 1. The summed E-state index contributed by atoms with van der Waals surface area (Å²) < 4.78 is 38.3. The van der Waals surface area contributed by atoms with E-state index < -0.39 is 9.84 Å². The molecule has 0 bridgehead atoms. The zero-order valence-electron chi connectivity index (χ0n) is 22.2. The molecule has 38 heavy (non-hydrogen) atoms. The van der Waals surface area contributed by atoms with E-state index in [1.165, 1.54) is 55.4 Å². The zero-order chi connectivity index (χ0) is 25.8. The third kappa shape index (κ3) is 6.53. The molecule has 2 atom stereocenters. The van der Waals surface area contributed by atoms with Crippen molar-refractivity contribution in [2.45, 2.75) is 55.5 Å². The molecule has 0 N–H and O–H groups in total. The lowest BCUT2D eigenvalue weighted by Gasteiger charge is -2.39. The molecule has 0 saturated carbocycles. The van der Waals surface area contributed by atoms with Gasteiger partial charge in [0.05, 0.1) is 25.8 Å². The van der Waals surface area contributed by atoms with Crippen LogP contribution in [0.15, 0.2) is 60.0 Å². The first-order valence-corrected chi connectivity index (χ1v) is 14.9. The van der Waals surface area contributed by atoms with Crippen molar-refractivity contribution < 1.29 is 17.9 Å². The Hall–Kier alpha value is -2.55. The zero-order valence-corrected chi connectivity index (χ0v) is 23.8. The summed E-state index contributed by atoms with van der Waals surface area (Å²) in [5.74, 6) is 2.10. The second kappa shape index (κ2) is 12.5. The molecule has 5 rings (SSSR count). The van der Waals surface area contributed by atoms with Gasteiger partial charge < -0.3 is 14.0 Å². The largest absolute Gasteiger partial charge is 0.497 e. The molecule has 0 spiro atoms. The van der Waals surface area contributed by atoms with Crippen LogP contribution in [-0.2, 0) is 29.7 Å². The molecule has 0 radical (unpaired) electrons. The van der Waals surface area contributed by atoms with E-state index >= 15 is 0 Å². The number of imidazole rings is 1. The van der Waals surface area contributed by atoms with Gasteiger partial charge in [-0.25, -0.2) is 13.4 Å². The SMILES string of the molecule is COc1cccc(CC2c3cc(OCCCS(=O)(=O)c4cn(C)cn4)ccc3CCC2N2CCCC2)c1.Cl. The van der Waals surface area contributed by atoms with Crippen LogP contribution in [0.25, 0.3) is 0 Å². The topological polar surface area (TPSA) is 73.7 Å². The van der Waals surface area contributed by atoms with Gasteiger partial charge in [-0.15, -0.1) is 12.4 Å². The average molecular weight is 560 g/mol. The van der Waals surface area contributed by atoms with Crippen LogP contribution in [-0.4, -0.2) is 61.5 Å². The molecule has 9 heteroatoms. The fraction of sp³-hybridized carbons (Fsp3) is 0.483. The number of halogens is 1. The maximum Gasteiger partial charge on any atom is 0.197 e. The molecule has 206 valence electrons. The fourth-order valence-electron chi connectivity index (χ4n) is 5.85. The molecule has 1 fully saturated rings. The summed E-state index contributed by atoms with van der Waals surface area (Å²) >= 11 is 0. The van der Waals surface area contributed by atoms with Crippen molar-refractivity contribution >= 4 is 22.2 Å². The van der Waals surface area contributed by atoms with Crippen molar-refractivity contribution in [1.29, 1.82) is 0 Å². The van der Waals surface area contributed by atoms with Crippen LogP contribution < -0.4 is 9.47 Å². The van der Waals surface area contributed by atoms with Gasteiger partial charge in [0.15, 0.2) is 14.9 Å². The van der Waals surface area contributed by atoms with Crippen LogP contribution in [0.2, 0.25) is 0 Å². The molecule has 3 aromatic rings. The number of aryl methyl sites for hydroxylation is 2. The van der Waals surface area contributed by atoms with Gasteiger partial charge >= 0.3 is 0 Å². The maximum atomic E-state index is 12.5. The number of aromatic nitrogens is 2. The Bertz CT molecular complexity index is 1320. The first-order valence-electron chi connectivity index (χ1n) is 13.3. The highest BCUT2D eigenvalue weighted by Crippen LogP contribution is 2.40. The summed E-state index contributed by atoms with van der Waals surface area (Å²) in [5, 5.41) is 0.122. The lowest BCUT2D eigenvalue weighted by molar-refractivity contribution is 0.188. The summed E-state index contributed by atoms with van der Waals surface area (Å²) in [6.45, 7) is 2.70. The Morgan fingerprint density at radius 1 is 1.08 bits per heavy atom. The lowest BCUT2D eigenvalue weighted by atomic mass is 9.75. The van der Waals surface area contributed by atoms with Gasteiger partial charge in [-0.3, -0.25) is 4.90 Å². The van der Waals surface area contributed by atoms with Crippen LogP contribution in [0, 0.1) is 0 Å². The number of fused-ring (bicyclic) bond motifs is 1. The number of hydrogen-bond acceptors (Lipinski definition) is 6. The Balaban J connectivity index is 0.00000336. The lowest BCUT2D eigenvalue weighted by Crippen LogP contribution is -2.41. The van der Waals surface area contributed by atoms with Crippen molar-refractivity contribution in [2.24, 2.45) is 7.05 Å². The normalized spacial score (nSPS) is 19.5. The van der Waals surface area contributed by atoms with Gasteiger partial charge in [0.1, 0.15) is 11.5 Å². The molecule has 2 unspecified atom stereocenters. The van der Waals surface area contributed by atoms with Crippen LogP contribution in [0.4, 0.5) is 0 Å². The quantitative estimate of drug-likeness (QED) is 0.331. The minimum atomic E-state index is -3.40. The number of likely N-dealkylation sites (tertiary alicyclic amines) is 1. The molecule has 2 aliphatic rings. The summed E-state index contributed by atoms with van der Waals surface area (Å²) in [6, 6.07) is 15.4. The Labute approximate surface area is 232 Å². The molecular formula is C29H38ClN3O4S. The smallest absolute Gasteiger partial charge is 0.197 e. The Kier molecular flexibility index (Phi) is 9.39. The van der Waals surface area contributed by atoms with Crippen LogP contribution in [0.5, 0.6) is 11.5 Å². The number of benzene rings is 2. The third-order valence-electron chi connectivity index (χ3n) is 7.72. The summed E-state index contributed by atoms with van der Waals surface area (Å²) in [7, 11) is 0.0786. The van der Waals surface area contributed by atoms with Crippen LogP contribution in [0.3, 0.4) is 0 Å². The molecule has 7 nitrogen and oxygen atoms in total. The molecule has 0 amide bonds. The van der Waals surface area contributed by atoms with Crippen LogP contribution >= 0.6 is 12.4 Å². The number of rotatable bonds is 10. The molecule has 2 heterocycles. The van der Waals surface area contributed by atoms with E-state index in [0.717, 1.165) is 24.3 Å². The van der Waals surface area contributed by atoms with Gasteiger partial charge in [0.25, 0.3) is 0 Å². The molecular weight excluding hydrogens is 522 g/mol. The number of ether oxygens (including phenoxy) is 2. The fourth-order valence-corrected chi connectivity index (χ4v) is 7.09. The average Bonchev–Trinajstić information content (AvgIpc) is 3.60. The summed E-state index contributed by atoms with van der Waals surface area (Å²) in [5.41, 5.74) is 4.05. The van der Waals surface area contributed by atoms with Crippen LogP contribution in [0.1, 0.15) is 48.3 Å². The summed E-state index contributed by atoms with van der Waals surface area (Å²) in [6.07, 6.45) is 9.23. The van der Waals surface area contributed by atoms with Crippen molar-refractivity contribution in [3.05, 3.63) is 71.7 Å². The van der Waals surface area contributed by atoms with Crippen molar-refractivity contribution in [3.8, 4) is 11.5 Å². The number of hydrogen-bond donors (Lipinski definition) is 0. The highest BCUT2D eigenvalue weighted by Gasteiger charge is 2.35. The first-order chi connectivity index (χ1) is 17.9. The third-order valence-corrected chi connectivity index (χ3v) is 9.39. The minimum absolute atomic E-state index is 0. The predicted octanol–water partition coefficient (Wildman–Crippen LogP) is 4.83. The Morgan fingerprint density at radius 2 is 1.89 bits per heavy atom. The summed E-state index contributed by atoms with van der Waals surface area (Å²) in [4.78, 5) is 6.67. The van der Waals surface area contributed by atoms with Gasteiger partial charge in [0, 0.05) is 25.2 Å². The van der Waals surface area contributed by atoms with E-state index in [0.29, 0.717) is 25.0 Å². The maximum absolute atomic E-state index is 12.5. The standard InChI is InChI=1S/C29H37N3O4S.ClH/c1-31-20-29(30-21-31)37(33,34)16-6-15-36-25-11-9-23-10-12-28(32-13-3-4-14-32)27(26(23)19-25)18-22-7-5-8-24(17-22)35-2;/h5,7-9,11,17,19-21,27-28H,3-4,6,10,12-16,18H2,1-2H3;1H. The second-order valence-electron chi connectivity index (χ2n) is 10.3. The molecule has 1 aliphatic carbocycles. The van der Waals surface area contributed by atoms with E-state index in [9.17, 15) is 8.42 Å². The highest BCUT2D eigenvalue weighted by atomic mass is 35.5. The Morgan fingerprint density at radius 3 is 2.63 bits per heavy atom. The van der Waals surface area contributed by atoms with E-state index in [4.69, 9.17) is 9.47 Å². The van der Waals surface area contributed by atoms with Gasteiger partial charge in [-0.1, -0.05) is 18.2 Å². The van der Waals surface area contributed by atoms with Gasteiger partial charge in [0.2, 0.25) is 0 Å². The van der Waals surface area contributed by atoms with E-state index in [2.05, 4.69) is 40.2 Å². The van der Waals surface area contributed by atoms with E-state index in [1.54, 1.807) is 24.9 Å². The van der Waals surface area contributed by atoms with E-state index in [1.807, 2.05) is 12.1 Å². The first kappa shape index (κ1) is 28.5. The van der Waals surface area contributed by atoms with Gasteiger partial charge in [-0.2, -0.15) is 0 Å². The predicted molar refractivity (Wildman–Crippen MR) is 151 cm³/mol. The molecule has 1 aromatic heterocycles. The van der Waals surface area contributed by atoms with Crippen molar-refractivity contribution in [1.82, 2.24) is 14.5 Å². The monoisotopic (exact) mass is 559 g/mol. The van der Waals surface area contributed by atoms with Crippen molar-refractivity contribution in [2.75, 3.05) is 32.6 Å². The van der Waals surface area contributed by atoms with Crippen molar-refractivity contribution in [3.63, 3.8) is 0 Å². The number of sulfone groups is 1. The molecule has 1 aliphatic heterocycles. The van der Waals surface area contributed by atoms with Gasteiger partial charge in [-0.05, 0) is 92.6 Å². The molecule has 1 saturated heterocycles. The molecule has 2 aromatic carbocycles. The highest BCUT2D eigenvalue weighted by molar-refractivity contribution is 7.91. The number of nitrogens with zero attached hydrogens (tertiary/aromatic N) is 3. The second-order valence-corrected chi connectivity index (χ2v) is 12.3. The van der Waals surface area contributed by atoms with E-state index in [-0.39, 0.29) is 23.2 Å².